The highest BCUT2D eigenvalue weighted by Crippen LogP contribution is 2.17. The summed E-state index contributed by atoms with van der Waals surface area (Å²) < 4.78 is 7.48. The standard InChI is InChI=1S/C21H20N2O3/c24-15-19-7-4-13-23(19)14-12-21(25)22-18-8-10-20(11-9-18)26-16-17-5-2-1-3-6-17/h1-11,13,15H,12,14,16H2,(H,22,25). The number of nitrogens with zero attached hydrogens (tertiary/aromatic N) is 1. The van der Waals surface area contributed by atoms with Crippen LogP contribution < -0.4 is 10.1 Å². The molecule has 0 bridgehead atoms. The molecule has 1 aromatic heterocycles. The van der Waals surface area contributed by atoms with Crippen LogP contribution in [0.1, 0.15) is 22.5 Å². The van der Waals surface area contributed by atoms with E-state index in [1.807, 2.05) is 54.6 Å². The molecular weight excluding hydrogens is 328 g/mol. The maximum absolute atomic E-state index is 12.1. The Labute approximate surface area is 152 Å². The summed E-state index contributed by atoms with van der Waals surface area (Å²) in [5.74, 6) is 0.642. The van der Waals surface area contributed by atoms with E-state index in [0.29, 0.717) is 31.0 Å². The Kier molecular flexibility index (Phi) is 5.83. The van der Waals surface area contributed by atoms with Crippen molar-refractivity contribution < 1.29 is 14.3 Å². The van der Waals surface area contributed by atoms with E-state index >= 15 is 0 Å². The number of aldehydes is 1. The maximum atomic E-state index is 12.1. The molecule has 5 nitrogen and oxygen atoms in total. The number of hydrogen-bond acceptors (Lipinski definition) is 3. The van der Waals surface area contributed by atoms with Crippen LogP contribution in [0.2, 0.25) is 0 Å². The van der Waals surface area contributed by atoms with Gasteiger partial charge in [-0.1, -0.05) is 30.3 Å². The fraction of sp³-hybridized carbons (Fsp3) is 0.143. The van der Waals surface area contributed by atoms with Gasteiger partial charge in [0, 0.05) is 24.8 Å². The minimum absolute atomic E-state index is 0.103. The zero-order valence-corrected chi connectivity index (χ0v) is 14.3. The molecule has 5 heteroatoms. The first kappa shape index (κ1) is 17.5. The van der Waals surface area contributed by atoms with Gasteiger partial charge in [-0.3, -0.25) is 9.59 Å². The van der Waals surface area contributed by atoms with Crippen molar-refractivity contribution in [2.75, 3.05) is 5.32 Å². The molecule has 3 rings (SSSR count). The Balaban J connectivity index is 1.47. The first-order chi connectivity index (χ1) is 12.7. The Morgan fingerprint density at radius 3 is 2.50 bits per heavy atom. The molecule has 132 valence electrons. The van der Waals surface area contributed by atoms with Crippen LogP contribution in [0.25, 0.3) is 0 Å². The molecule has 1 heterocycles. The SMILES string of the molecule is O=Cc1cccn1CCC(=O)Nc1ccc(OCc2ccccc2)cc1. The van der Waals surface area contributed by atoms with Crippen LogP contribution in [-0.2, 0) is 17.9 Å². The highest BCUT2D eigenvalue weighted by Gasteiger charge is 2.05. The summed E-state index contributed by atoms with van der Waals surface area (Å²) in [7, 11) is 0. The Bertz CT molecular complexity index is 854. The summed E-state index contributed by atoms with van der Waals surface area (Å²) in [5, 5.41) is 2.85. The van der Waals surface area contributed by atoms with E-state index in [1.54, 1.807) is 22.9 Å². The molecule has 0 spiro atoms. The first-order valence-electron chi connectivity index (χ1n) is 8.41. The number of amides is 1. The molecule has 26 heavy (non-hydrogen) atoms. The van der Waals surface area contributed by atoms with E-state index in [4.69, 9.17) is 4.74 Å². The van der Waals surface area contributed by atoms with Crippen molar-refractivity contribution in [3.63, 3.8) is 0 Å². The lowest BCUT2D eigenvalue weighted by atomic mass is 10.2. The average molecular weight is 348 g/mol. The van der Waals surface area contributed by atoms with Crippen LogP contribution in [0.4, 0.5) is 5.69 Å². The summed E-state index contributed by atoms with van der Waals surface area (Å²) in [4.78, 5) is 22.9. The molecule has 1 amide bonds. The van der Waals surface area contributed by atoms with Gasteiger partial charge >= 0.3 is 0 Å². The van der Waals surface area contributed by atoms with E-state index in [0.717, 1.165) is 17.6 Å². The van der Waals surface area contributed by atoms with Crippen molar-refractivity contribution in [2.45, 2.75) is 19.6 Å². The number of aryl methyl sites for hydroxylation is 1. The fourth-order valence-electron chi connectivity index (χ4n) is 2.56. The van der Waals surface area contributed by atoms with Gasteiger partial charge in [0.25, 0.3) is 0 Å². The minimum atomic E-state index is -0.103. The fourth-order valence-corrected chi connectivity index (χ4v) is 2.56. The minimum Gasteiger partial charge on any atom is -0.489 e. The van der Waals surface area contributed by atoms with Crippen LogP contribution in [0, 0.1) is 0 Å². The molecule has 1 N–H and O–H groups in total. The highest BCUT2D eigenvalue weighted by atomic mass is 16.5. The highest BCUT2D eigenvalue weighted by molar-refractivity contribution is 5.90. The Morgan fingerprint density at radius 1 is 1.00 bits per heavy atom. The zero-order valence-electron chi connectivity index (χ0n) is 14.3. The number of nitrogens with one attached hydrogen (secondary N) is 1. The third kappa shape index (κ3) is 4.83. The van der Waals surface area contributed by atoms with Crippen molar-refractivity contribution in [3.05, 3.63) is 84.2 Å². The second kappa shape index (κ2) is 8.67. The van der Waals surface area contributed by atoms with Crippen molar-refractivity contribution in [1.29, 1.82) is 0 Å². The lowest BCUT2D eigenvalue weighted by Crippen LogP contribution is -2.15. The molecule has 3 aromatic rings. The smallest absolute Gasteiger partial charge is 0.226 e. The van der Waals surface area contributed by atoms with Gasteiger partial charge in [-0.15, -0.1) is 0 Å². The second-order valence-corrected chi connectivity index (χ2v) is 5.84. The molecule has 0 aliphatic carbocycles. The predicted octanol–water partition coefficient (Wildman–Crippen LogP) is 3.91. The predicted molar refractivity (Wildman–Crippen MR) is 100 cm³/mol. The number of carbonyl (C=O) groups excluding carboxylic acids is 2. The Morgan fingerprint density at radius 2 is 1.77 bits per heavy atom. The van der Waals surface area contributed by atoms with Crippen molar-refractivity contribution in [1.82, 2.24) is 4.57 Å². The van der Waals surface area contributed by atoms with Crippen molar-refractivity contribution >= 4 is 17.9 Å². The molecule has 2 aromatic carbocycles. The van der Waals surface area contributed by atoms with Gasteiger partial charge < -0.3 is 14.6 Å². The molecular formula is C21H20N2O3. The summed E-state index contributed by atoms with van der Waals surface area (Å²) in [6.45, 7) is 0.966. The second-order valence-electron chi connectivity index (χ2n) is 5.84. The van der Waals surface area contributed by atoms with Gasteiger partial charge in [0.2, 0.25) is 5.91 Å². The number of anilines is 1. The van der Waals surface area contributed by atoms with Gasteiger partial charge in [-0.2, -0.15) is 0 Å². The van der Waals surface area contributed by atoms with Crippen LogP contribution in [0.3, 0.4) is 0 Å². The number of carbonyl (C=O) groups is 2. The quantitative estimate of drug-likeness (QED) is 0.628. The van der Waals surface area contributed by atoms with E-state index in [1.165, 1.54) is 0 Å². The maximum Gasteiger partial charge on any atom is 0.226 e. The summed E-state index contributed by atoms with van der Waals surface area (Å²) in [6.07, 6.45) is 2.86. The first-order valence-corrected chi connectivity index (χ1v) is 8.41. The zero-order chi connectivity index (χ0) is 18.2. The van der Waals surface area contributed by atoms with Crippen LogP contribution in [0.15, 0.2) is 72.9 Å². The normalized spacial score (nSPS) is 10.3. The third-order valence-electron chi connectivity index (χ3n) is 3.95. The molecule has 0 radical (unpaired) electrons. The largest absolute Gasteiger partial charge is 0.489 e. The summed E-state index contributed by atoms with van der Waals surface area (Å²) in [5.41, 5.74) is 2.38. The topological polar surface area (TPSA) is 60.3 Å². The monoisotopic (exact) mass is 348 g/mol. The molecule has 0 unspecified atom stereocenters. The van der Waals surface area contributed by atoms with Gasteiger partial charge in [-0.05, 0) is 42.0 Å². The van der Waals surface area contributed by atoms with Crippen LogP contribution in [0.5, 0.6) is 5.75 Å². The van der Waals surface area contributed by atoms with E-state index < -0.39 is 0 Å². The lowest BCUT2D eigenvalue weighted by Gasteiger charge is -2.09. The van der Waals surface area contributed by atoms with Gasteiger partial charge in [0.15, 0.2) is 6.29 Å². The number of aromatic nitrogens is 1. The van der Waals surface area contributed by atoms with E-state index in [-0.39, 0.29) is 5.91 Å². The molecule has 0 fully saturated rings. The molecule has 0 aliphatic heterocycles. The number of benzene rings is 2. The van der Waals surface area contributed by atoms with E-state index in [9.17, 15) is 9.59 Å². The molecule has 0 saturated carbocycles. The summed E-state index contributed by atoms with van der Waals surface area (Å²) in [6, 6.07) is 20.7. The molecule has 0 atom stereocenters. The number of rotatable bonds is 8. The third-order valence-corrected chi connectivity index (χ3v) is 3.95. The average Bonchev–Trinajstić information content (AvgIpc) is 3.14. The van der Waals surface area contributed by atoms with Crippen LogP contribution in [-0.4, -0.2) is 16.8 Å². The molecule has 0 saturated heterocycles. The van der Waals surface area contributed by atoms with Crippen LogP contribution >= 0.6 is 0 Å². The van der Waals surface area contributed by atoms with Gasteiger partial charge in [0.05, 0.1) is 5.69 Å². The molecule has 0 aliphatic rings. The van der Waals surface area contributed by atoms with Gasteiger partial charge in [-0.25, -0.2) is 0 Å². The van der Waals surface area contributed by atoms with E-state index in [2.05, 4.69) is 5.32 Å². The van der Waals surface area contributed by atoms with Crippen molar-refractivity contribution in [3.8, 4) is 5.75 Å². The summed E-state index contributed by atoms with van der Waals surface area (Å²) >= 11 is 0. The van der Waals surface area contributed by atoms with Crippen molar-refractivity contribution in [2.24, 2.45) is 0 Å². The lowest BCUT2D eigenvalue weighted by molar-refractivity contribution is -0.116. The number of hydrogen-bond donors (Lipinski definition) is 1. The number of ether oxygens (including phenoxy) is 1. The van der Waals surface area contributed by atoms with Gasteiger partial charge in [0.1, 0.15) is 12.4 Å². The Hall–Kier alpha value is -3.34.